The van der Waals surface area contributed by atoms with Crippen molar-refractivity contribution in [2.75, 3.05) is 0 Å². The Labute approximate surface area is 118 Å². The summed E-state index contributed by atoms with van der Waals surface area (Å²) in [6.45, 7) is 1.74. The second kappa shape index (κ2) is 5.02. The molecular weight excluding hydrogens is 250 g/mol. The van der Waals surface area contributed by atoms with Crippen LogP contribution in [0.4, 0.5) is 0 Å². The summed E-state index contributed by atoms with van der Waals surface area (Å²) >= 11 is 0. The Morgan fingerprint density at radius 1 is 1.05 bits per heavy atom. The maximum atomic E-state index is 5.41. The van der Waals surface area contributed by atoms with Gasteiger partial charge in [-0.3, -0.25) is 4.90 Å². The number of aromatic nitrogens is 2. The van der Waals surface area contributed by atoms with Gasteiger partial charge in [0.1, 0.15) is 0 Å². The lowest BCUT2D eigenvalue weighted by Gasteiger charge is -2.19. The molecular formula is C16H19N3O. The average Bonchev–Trinajstić information content (AvgIpc) is 3.39. The van der Waals surface area contributed by atoms with E-state index in [0.29, 0.717) is 12.0 Å². The van der Waals surface area contributed by atoms with Gasteiger partial charge in [-0.2, -0.15) is 4.98 Å². The molecule has 2 aliphatic carbocycles. The van der Waals surface area contributed by atoms with Gasteiger partial charge in [-0.15, -0.1) is 0 Å². The molecule has 0 amide bonds. The minimum absolute atomic E-state index is 0.566. The van der Waals surface area contributed by atoms with Crippen molar-refractivity contribution < 1.29 is 4.52 Å². The Morgan fingerprint density at radius 2 is 1.85 bits per heavy atom. The first kappa shape index (κ1) is 12.1. The van der Waals surface area contributed by atoms with Crippen molar-refractivity contribution in [3.8, 4) is 0 Å². The van der Waals surface area contributed by atoms with E-state index in [0.717, 1.165) is 24.8 Å². The first-order chi connectivity index (χ1) is 9.88. The van der Waals surface area contributed by atoms with Crippen molar-refractivity contribution in [2.45, 2.75) is 50.7 Å². The largest absolute Gasteiger partial charge is 0.338 e. The van der Waals surface area contributed by atoms with E-state index in [1.807, 2.05) is 0 Å². The van der Waals surface area contributed by atoms with Crippen LogP contribution in [-0.4, -0.2) is 21.1 Å². The van der Waals surface area contributed by atoms with E-state index in [1.165, 1.54) is 31.2 Å². The number of hydrogen-bond donors (Lipinski definition) is 0. The predicted octanol–water partition coefficient (Wildman–Crippen LogP) is 3.11. The molecule has 0 bridgehead atoms. The molecule has 2 fully saturated rings. The van der Waals surface area contributed by atoms with E-state index in [1.54, 1.807) is 0 Å². The molecule has 1 aromatic carbocycles. The van der Waals surface area contributed by atoms with Crippen molar-refractivity contribution in [1.29, 1.82) is 0 Å². The zero-order valence-corrected chi connectivity index (χ0v) is 11.5. The molecule has 1 aromatic heterocycles. The van der Waals surface area contributed by atoms with Crippen LogP contribution < -0.4 is 0 Å². The molecule has 0 unspecified atom stereocenters. The van der Waals surface area contributed by atoms with Crippen molar-refractivity contribution in [1.82, 2.24) is 15.0 Å². The normalized spacial score (nSPS) is 18.6. The first-order valence-electron chi connectivity index (χ1n) is 7.49. The van der Waals surface area contributed by atoms with Crippen LogP contribution in [0.25, 0.3) is 0 Å². The van der Waals surface area contributed by atoms with Crippen molar-refractivity contribution in [2.24, 2.45) is 0 Å². The standard InChI is InChI=1S/C16H19N3O/c1-2-4-12(5-3-1)10-19(14-8-9-14)11-15-17-16(18-20-15)13-6-7-13/h1-5,13-14H,6-11H2. The van der Waals surface area contributed by atoms with Crippen LogP contribution in [0, 0.1) is 0 Å². The van der Waals surface area contributed by atoms with Gasteiger partial charge < -0.3 is 4.52 Å². The summed E-state index contributed by atoms with van der Waals surface area (Å²) in [5, 5.41) is 4.11. The maximum Gasteiger partial charge on any atom is 0.240 e. The van der Waals surface area contributed by atoms with Crippen molar-refractivity contribution in [3.05, 3.63) is 47.6 Å². The molecule has 104 valence electrons. The molecule has 2 aliphatic rings. The Morgan fingerprint density at radius 3 is 2.55 bits per heavy atom. The summed E-state index contributed by atoms with van der Waals surface area (Å²) in [6.07, 6.45) is 5.01. The number of benzene rings is 1. The molecule has 4 heteroatoms. The minimum atomic E-state index is 0.566. The van der Waals surface area contributed by atoms with E-state index in [9.17, 15) is 0 Å². The van der Waals surface area contributed by atoms with Gasteiger partial charge in [0, 0.05) is 18.5 Å². The van der Waals surface area contributed by atoms with Gasteiger partial charge in [0.25, 0.3) is 0 Å². The molecule has 0 N–H and O–H groups in total. The van der Waals surface area contributed by atoms with E-state index >= 15 is 0 Å². The van der Waals surface area contributed by atoms with Gasteiger partial charge in [-0.25, -0.2) is 0 Å². The summed E-state index contributed by atoms with van der Waals surface area (Å²) in [5.41, 5.74) is 1.35. The summed E-state index contributed by atoms with van der Waals surface area (Å²) in [5.74, 6) is 2.25. The minimum Gasteiger partial charge on any atom is -0.338 e. The molecule has 4 rings (SSSR count). The van der Waals surface area contributed by atoms with Gasteiger partial charge in [0.05, 0.1) is 6.54 Å². The van der Waals surface area contributed by atoms with E-state index in [-0.39, 0.29) is 0 Å². The molecule has 20 heavy (non-hydrogen) atoms. The fourth-order valence-corrected chi connectivity index (χ4v) is 2.59. The Hall–Kier alpha value is -1.68. The lowest BCUT2D eigenvalue weighted by Crippen LogP contribution is -2.25. The van der Waals surface area contributed by atoms with Crippen LogP contribution in [0.3, 0.4) is 0 Å². The van der Waals surface area contributed by atoms with Gasteiger partial charge in [-0.1, -0.05) is 35.5 Å². The summed E-state index contributed by atoms with van der Waals surface area (Å²) < 4.78 is 5.41. The van der Waals surface area contributed by atoms with Gasteiger partial charge >= 0.3 is 0 Å². The second-order valence-corrected chi connectivity index (χ2v) is 5.94. The van der Waals surface area contributed by atoms with Crippen molar-refractivity contribution in [3.63, 3.8) is 0 Å². The highest BCUT2D eigenvalue weighted by Crippen LogP contribution is 2.38. The molecule has 2 aromatic rings. The Bertz CT molecular complexity index is 572. The summed E-state index contributed by atoms with van der Waals surface area (Å²) in [4.78, 5) is 7.00. The van der Waals surface area contributed by atoms with Gasteiger partial charge in [0.15, 0.2) is 5.82 Å². The molecule has 1 heterocycles. The van der Waals surface area contributed by atoms with Gasteiger partial charge in [-0.05, 0) is 31.2 Å². The summed E-state index contributed by atoms with van der Waals surface area (Å²) in [7, 11) is 0. The van der Waals surface area contributed by atoms with Crippen LogP contribution in [0.1, 0.15) is 48.9 Å². The predicted molar refractivity (Wildman–Crippen MR) is 75.0 cm³/mol. The van der Waals surface area contributed by atoms with Crippen LogP contribution in [0.5, 0.6) is 0 Å². The lowest BCUT2D eigenvalue weighted by molar-refractivity contribution is 0.209. The quantitative estimate of drug-likeness (QED) is 0.808. The Kier molecular flexibility index (Phi) is 3.03. The molecule has 0 spiro atoms. The number of hydrogen-bond acceptors (Lipinski definition) is 4. The maximum absolute atomic E-state index is 5.41. The zero-order chi connectivity index (χ0) is 13.4. The molecule has 0 atom stereocenters. The van der Waals surface area contributed by atoms with Crippen LogP contribution >= 0.6 is 0 Å². The highest BCUT2D eigenvalue weighted by molar-refractivity contribution is 5.15. The van der Waals surface area contributed by atoms with E-state index < -0.39 is 0 Å². The number of nitrogens with zero attached hydrogens (tertiary/aromatic N) is 3. The molecule has 4 nitrogen and oxygen atoms in total. The van der Waals surface area contributed by atoms with Crippen molar-refractivity contribution >= 4 is 0 Å². The highest BCUT2D eigenvalue weighted by atomic mass is 16.5. The first-order valence-corrected chi connectivity index (χ1v) is 7.49. The third kappa shape index (κ3) is 2.75. The second-order valence-electron chi connectivity index (χ2n) is 5.94. The highest BCUT2D eigenvalue weighted by Gasteiger charge is 2.32. The third-order valence-electron chi connectivity index (χ3n) is 4.06. The summed E-state index contributed by atoms with van der Waals surface area (Å²) in [6, 6.07) is 11.3. The zero-order valence-electron chi connectivity index (χ0n) is 11.5. The molecule has 0 saturated heterocycles. The molecule has 0 aliphatic heterocycles. The van der Waals surface area contributed by atoms with E-state index in [2.05, 4.69) is 45.4 Å². The lowest BCUT2D eigenvalue weighted by atomic mass is 10.2. The topological polar surface area (TPSA) is 42.2 Å². The fraction of sp³-hybridized carbons (Fsp3) is 0.500. The third-order valence-corrected chi connectivity index (χ3v) is 4.06. The molecule has 0 radical (unpaired) electrons. The monoisotopic (exact) mass is 269 g/mol. The van der Waals surface area contributed by atoms with Crippen LogP contribution in [0.2, 0.25) is 0 Å². The smallest absolute Gasteiger partial charge is 0.240 e. The average molecular weight is 269 g/mol. The van der Waals surface area contributed by atoms with Crippen LogP contribution in [0.15, 0.2) is 34.9 Å². The number of rotatable bonds is 6. The van der Waals surface area contributed by atoms with Crippen LogP contribution in [-0.2, 0) is 13.1 Å². The van der Waals surface area contributed by atoms with Gasteiger partial charge in [0.2, 0.25) is 5.89 Å². The SMILES string of the molecule is c1ccc(CN(Cc2nc(C3CC3)no2)C2CC2)cc1. The fourth-order valence-electron chi connectivity index (χ4n) is 2.59. The van der Waals surface area contributed by atoms with E-state index in [4.69, 9.17) is 4.52 Å². The molecule has 2 saturated carbocycles. The Balaban J connectivity index is 1.45.